The summed E-state index contributed by atoms with van der Waals surface area (Å²) >= 11 is 0. The van der Waals surface area contributed by atoms with Crippen LogP contribution in [0.3, 0.4) is 0 Å². The van der Waals surface area contributed by atoms with Crippen molar-refractivity contribution in [3.63, 3.8) is 0 Å². The van der Waals surface area contributed by atoms with Gasteiger partial charge in [-0.05, 0) is 34.4 Å². The Balaban J connectivity index is 2.48. The number of ether oxygens (including phenoxy) is 1. The van der Waals surface area contributed by atoms with Gasteiger partial charge in [-0.1, -0.05) is 0 Å². The van der Waals surface area contributed by atoms with E-state index in [1.165, 1.54) is 7.11 Å². The predicted molar refractivity (Wildman–Crippen MR) is 72.2 cm³/mol. The minimum Gasteiger partial charge on any atom is -0.467 e. The molecule has 1 fully saturated rings. The van der Waals surface area contributed by atoms with Crippen molar-refractivity contribution in [2.24, 2.45) is 16.3 Å². The van der Waals surface area contributed by atoms with Crippen LogP contribution in [0.15, 0.2) is 4.99 Å². The zero-order valence-corrected chi connectivity index (χ0v) is 12.3. The maximum Gasteiger partial charge on any atom is 0.333 e. The first-order valence-corrected chi connectivity index (χ1v) is 6.62. The number of hydrogen-bond acceptors (Lipinski definition) is 5. The largest absolute Gasteiger partial charge is 0.467 e. The molecule has 2 aliphatic rings. The molecular formula is C14H22N2O3. The molecule has 1 heterocycles. The molecule has 0 aromatic heterocycles. The normalized spacial score (nSPS) is 37.5. The summed E-state index contributed by atoms with van der Waals surface area (Å²) in [6, 6.07) is 0. The van der Waals surface area contributed by atoms with Crippen LogP contribution < -0.4 is 0 Å². The van der Waals surface area contributed by atoms with Gasteiger partial charge in [0.1, 0.15) is 5.78 Å². The number of methoxy groups -OCH3 is 1. The number of rotatable bonds is 3. The standard InChI is InChI=1S/C14H22N2O3/c1-13-9(6-7-11(13)17)14(2,12(18)19-5)15-10(13)8-16(3)4/h9H,6-8H2,1-5H3. The second kappa shape index (κ2) is 4.40. The molecule has 3 unspecified atom stereocenters. The lowest BCUT2D eigenvalue weighted by Gasteiger charge is -2.31. The van der Waals surface area contributed by atoms with Crippen molar-refractivity contribution >= 4 is 17.5 Å². The molecule has 5 nitrogen and oxygen atoms in total. The van der Waals surface area contributed by atoms with Gasteiger partial charge >= 0.3 is 5.97 Å². The van der Waals surface area contributed by atoms with E-state index in [2.05, 4.69) is 4.99 Å². The maximum absolute atomic E-state index is 12.3. The SMILES string of the molecule is COC(=O)C1(C)N=C(CN(C)C)C2(C)C(=O)CCC12. The first kappa shape index (κ1) is 14.2. The van der Waals surface area contributed by atoms with Crippen molar-refractivity contribution in [2.45, 2.75) is 32.2 Å². The third-order valence-corrected chi connectivity index (χ3v) is 4.65. The van der Waals surface area contributed by atoms with Gasteiger partial charge < -0.3 is 9.64 Å². The number of carbonyl (C=O) groups excluding carboxylic acids is 2. The van der Waals surface area contributed by atoms with Crippen LogP contribution in [0.4, 0.5) is 0 Å². The minimum atomic E-state index is -0.916. The molecule has 0 bridgehead atoms. The molecule has 5 heteroatoms. The number of Topliss-reactive ketones (excluding diaryl/α,β-unsaturated/α-hetero) is 1. The molecule has 0 saturated heterocycles. The zero-order valence-electron chi connectivity index (χ0n) is 12.3. The fraction of sp³-hybridized carbons (Fsp3) is 0.786. The van der Waals surface area contributed by atoms with Gasteiger partial charge in [-0.2, -0.15) is 0 Å². The third-order valence-electron chi connectivity index (χ3n) is 4.65. The highest BCUT2D eigenvalue weighted by Crippen LogP contribution is 2.53. The highest BCUT2D eigenvalue weighted by Gasteiger charge is 2.64. The average molecular weight is 266 g/mol. The predicted octanol–water partition coefficient (Wildman–Crippen LogP) is 0.920. The van der Waals surface area contributed by atoms with Crippen LogP contribution in [0.2, 0.25) is 0 Å². The summed E-state index contributed by atoms with van der Waals surface area (Å²) < 4.78 is 4.91. The van der Waals surface area contributed by atoms with E-state index in [1.54, 1.807) is 6.92 Å². The fourth-order valence-corrected chi connectivity index (χ4v) is 3.59. The fourth-order valence-electron chi connectivity index (χ4n) is 3.59. The zero-order chi connectivity index (χ0) is 14.4. The van der Waals surface area contributed by atoms with Crippen LogP contribution in [0.1, 0.15) is 26.7 Å². The molecule has 2 rings (SSSR count). The number of aliphatic imine (C=N–C) groups is 1. The molecule has 106 valence electrons. The lowest BCUT2D eigenvalue weighted by molar-refractivity contribution is -0.148. The average Bonchev–Trinajstić information content (AvgIpc) is 2.75. The first-order chi connectivity index (χ1) is 8.76. The molecule has 1 aliphatic carbocycles. The molecule has 0 amide bonds. The van der Waals surface area contributed by atoms with Crippen LogP contribution in [-0.2, 0) is 14.3 Å². The molecule has 0 N–H and O–H groups in total. The van der Waals surface area contributed by atoms with E-state index in [0.29, 0.717) is 19.4 Å². The van der Waals surface area contributed by atoms with E-state index in [9.17, 15) is 9.59 Å². The Bertz CT molecular complexity index is 458. The van der Waals surface area contributed by atoms with Crippen LogP contribution in [-0.4, -0.2) is 55.7 Å². The van der Waals surface area contributed by atoms with Crippen molar-refractivity contribution < 1.29 is 14.3 Å². The molecule has 19 heavy (non-hydrogen) atoms. The minimum absolute atomic E-state index is 0.0742. The van der Waals surface area contributed by atoms with Gasteiger partial charge in [-0.3, -0.25) is 9.79 Å². The number of carbonyl (C=O) groups is 2. The summed E-state index contributed by atoms with van der Waals surface area (Å²) in [6.45, 7) is 4.33. The van der Waals surface area contributed by atoms with Crippen molar-refractivity contribution in [3.8, 4) is 0 Å². The van der Waals surface area contributed by atoms with Gasteiger partial charge in [0.2, 0.25) is 0 Å². The van der Waals surface area contributed by atoms with E-state index in [0.717, 1.165) is 5.71 Å². The number of nitrogens with zero attached hydrogens (tertiary/aromatic N) is 2. The lowest BCUT2D eigenvalue weighted by atomic mass is 9.70. The third kappa shape index (κ3) is 1.83. The molecule has 1 aliphatic heterocycles. The summed E-state index contributed by atoms with van der Waals surface area (Å²) in [4.78, 5) is 31.0. The van der Waals surface area contributed by atoms with E-state index >= 15 is 0 Å². The molecule has 3 atom stereocenters. The second-order valence-corrected chi connectivity index (χ2v) is 6.15. The van der Waals surface area contributed by atoms with E-state index in [1.807, 2.05) is 25.9 Å². The Morgan fingerprint density at radius 2 is 2.11 bits per heavy atom. The van der Waals surface area contributed by atoms with Crippen molar-refractivity contribution in [1.29, 1.82) is 0 Å². The monoisotopic (exact) mass is 266 g/mol. The first-order valence-electron chi connectivity index (χ1n) is 6.62. The van der Waals surface area contributed by atoms with Gasteiger partial charge in [-0.15, -0.1) is 0 Å². The Kier molecular flexibility index (Phi) is 3.29. The van der Waals surface area contributed by atoms with Gasteiger partial charge in [0.25, 0.3) is 0 Å². The highest BCUT2D eigenvalue weighted by atomic mass is 16.5. The van der Waals surface area contributed by atoms with E-state index < -0.39 is 11.0 Å². The van der Waals surface area contributed by atoms with Gasteiger partial charge in [-0.25, -0.2) is 4.79 Å². The van der Waals surface area contributed by atoms with Crippen LogP contribution in [0, 0.1) is 11.3 Å². The molecule has 0 aromatic carbocycles. The van der Waals surface area contributed by atoms with Gasteiger partial charge in [0, 0.05) is 24.6 Å². The summed E-state index contributed by atoms with van der Waals surface area (Å²) in [5, 5.41) is 0. The van der Waals surface area contributed by atoms with E-state index in [-0.39, 0.29) is 17.7 Å². The Morgan fingerprint density at radius 1 is 1.47 bits per heavy atom. The van der Waals surface area contributed by atoms with Crippen molar-refractivity contribution in [3.05, 3.63) is 0 Å². The van der Waals surface area contributed by atoms with Crippen LogP contribution >= 0.6 is 0 Å². The summed E-state index contributed by atoms with van der Waals surface area (Å²) in [7, 11) is 5.25. The van der Waals surface area contributed by atoms with Crippen LogP contribution in [0.5, 0.6) is 0 Å². The number of hydrogen-bond donors (Lipinski definition) is 0. The van der Waals surface area contributed by atoms with E-state index in [4.69, 9.17) is 4.74 Å². The van der Waals surface area contributed by atoms with Gasteiger partial charge in [0.05, 0.1) is 12.5 Å². The maximum atomic E-state index is 12.3. The topological polar surface area (TPSA) is 59.0 Å². The summed E-state index contributed by atoms with van der Waals surface area (Å²) in [6.07, 6.45) is 1.24. The van der Waals surface area contributed by atoms with Crippen molar-refractivity contribution in [1.82, 2.24) is 4.90 Å². The molecular weight excluding hydrogens is 244 g/mol. The van der Waals surface area contributed by atoms with Crippen LogP contribution in [0.25, 0.3) is 0 Å². The lowest BCUT2D eigenvalue weighted by Crippen LogP contribution is -2.45. The quantitative estimate of drug-likeness (QED) is 0.713. The van der Waals surface area contributed by atoms with Crippen molar-refractivity contribution in [2.75, 3.05) is 27.7 Å². The Morgan fingerprint density at radius 3 is 2.63 bits per heavy atom. The summed E-state index contributed by atoms with van der Waals surface area (Å²) in [5.41, 5.74) is -0.702. The van der Waals surface area contributed by atoms with Gasteiger partial charge in [0.15, 0.2) is 5.54 Å². The smallest absolute Gasteiger partial charge is 0.333 e. The number of ketones is 1. The second-order valence-electron chi connectivity index (χ2n) is 6.15. The highest BCUT2D eigenvalue weighted by molar-refractivity contribution is 6.15. The Hall–Kier alpha value is -1.23. The summed E-state index contributed by atoms with van der Waals surface area (Å²) in [5.74, 6) is -0.215. The number of esters is 1. The molecule has 0 aromatic rings. The molecule has 1 saturated carbocycles. The molecule has 0 radical (unpaired) electrons. The molecule has 0 spiro atoms. The Labute approximate surface area is 114 Å². The number of fused-ring (bicyclic) bond motifs is 1.